The number of amides is 1. The molecule has 2 rings (SSSR count). The Morgan fingerprint density at radius 3 is 2.30 bits per heavy atom. The highest BCUT2D eigenvalue weighted by Crippen LogP contribution is 2.27. The van der Waals surface area contributed by atoms with Gasteiger partial charge in [0.25, 0.3) is 0 Å². The Bertz CT molecular complexity index is 1060. The molecule has 1 amide bonds. The van der Waals surface area contributed by atoms with Crippen LogP contribution in [0.1, 0.15) is 40.9 Å². The van der Waals surface area contributed by atoms with E-state index in [1.54, 1.807) is 52.0 Å². The largest absolute Gasteiger partial charge is 0.462 e. The summed E-state index contributed by atoms with van der Waals surface area (Å²) in [6.07, 6.45) is 1.08. The second-order valence-electron chi connectivity index (χ2n) is 7.26. The third-order valence-corrected chi connectivity index (χ3v) is 5.91. The van der Waals surface area contributed by atoms with Crippen LogP contribution in [0.4, 0.5) is 11.4 Å². The maximum atomic E-state index is 12.9. The van der Waals surface area contributed by atoms with Gasteiger partial charge in [0.1, 0.15) is 6.04 Å². The van der Waals surface area contributed by atoms with Gasteiger partial charge in [-0.05, 0) is 75.6 Å². The summed E-state index contributed by atoms with van der Waals surface area (Å²) < 4.78 is 31.2. The van der Waals surface area contributed by atoms with Crippen LogP contribution < -0.4 is 9.62 Å². The number of carbonyl (C=O) groups is 2. The zero-order chi connectivity index (χ0) is 22.6. The summed E-state index contributed by atoms with van der Waals surface area (Å²) in [6, 6.07) is 9.27. The van der Waals surface area contributed by atoms with E-state index in [1.165, 1.54) is 0 Å². The van der Waals surface area contributed by atoms with Gasteiger partial charge in [0, 0.05) is 5.69 Å². The van der Waals surface area contributed by atoms with Gasteiger partial charge >= 0.3 is 5.97 Å². The summed E-state index contributed by atoms with van der Waals surface area (Å²) in [5, 5.41) is 2.77. The maximum absolute atomic E-state index is 12.9. The van der Waals surface area contributed by atoms with Crippen LogP contribution in [0.25, 0.3) is 0 Å². The van der Waals surface area contributed by atoms with Crippen LogP contribution in [0.5, 0.6) is 0 Å². The number of carbonyl (C=O) groups excluding carboxylic acids is 2. The molecule has 2 aromatic carbocycles. The zero-order valence-corrected chi connectivity index (χ0v) is 19.0. The van der Waals surface area contributed by atoms with Crippen molar-refractivity contribution in [3.8, 4) is 0 Å². The van der Waals surface area contributed by atoms with Crippen LogP contribution in [0, 0.1) is 20.8 Å². The number of aryl methyl sites for hydroxylation is 3. The first-order valence-electron chi connectivity index (χ1n) is 9.61. The molecule has 30 heavy (non-hydrogen) atoms. The minimum Gasteiger partial charge on any atom is -0.462 e. The van der Waals surface area contributed by atoms with Crippen LogP contribution in [0.2, 0.25) is 0 Å². The van der Waals surface area contributed by atoms with Crippen molar-refractivity contribution in [2.45, 2.75) is 40.7 Å². The van der Waals surface area contributed by atoms with E-state index < -0.39 is 27.9 Å². The summed E-state index contributed by atoms with van der Waals surface area (Å²) in [6.45, 7) is 8.96. The molecule has 0 bridgehead atoms. The van der Waals surface area contributed by atoms with Crippen molar-refractivity contribution in [3.05, 3.63) is 58.7 Å². The van der Waals surface area contributed by atoms with Crippen molar-refractivity contribution in [1.82, 2.24) is 0 Å². The molecule has 1 atom stereocenters. The lowest BCUT2D eigenvalue weighted by Crippen LogP contribution is -2.45. The highest BCUT2D eigenvalue weighted by molar-refractivity contribution is 7.92. The molecule has 7 nitrogen and oxygen atoms in total. The molecule has 1 unspecified atom stereocenters. The minimum atomic E-state index is -3.72. The fourth-order valence-electron chi connectivity index (χ4n) is 3.12. The monoisotopic (exact) mass is 432 g/mol. The predicted octanol–water partition coefficient (Wildman–Crippen LogP) is 3.58. The molecule has 1 N–H and O–H groups in total. The van der Waals surface area contributed by atoms with Gasteiger partial charge < -0.3 is 10.1 Å². The average Bonchev–Trinajstić information content (AvgIpc) is 2.65. The molecule has 0 aromatic heterocycles. The van der Waals surface area contributed by atoms with Crippen molar-refractivity contribution in [2.24, 2.45) is 0 Å². The normalized spacial score (nSPS) is 12.2. The Labute approximate surface area is 178 Å². The zero-order valence-electron chi connectivity index (χ0n) is 18.1. The first-order valence-corrected chi connectivity index (χ1v) is 11.5. The first kappa shape index (κ1) is 23.4. The van der Waals surface area contributed by atoms with Crippen LogP contribution in [0.15, 0.2) is 36.4 Å². The van der Waals surface area contributed by atoms with Gasteiger partial charge in [-0.15, -0.1) is 0 Å². The molecular formula is C22H28N2O5S. The minimum absolute atomic E-state index is 0.271. The lowest BCUT2D eigenvalue weighted by Gasteiger charge is -2.30. The predicted molar refractivity (Wildman–Crippen MR) is 118 cm³/mol. The number of hydrogen-bond donors (Lipinski definition) is 1. The Morgan fingerprint density at radius 1 is 1.07 bits per heavy atom. The Kier molecular flexibility index (Phi) is 7.25. The number of esters is 1. The lowest BCUT2D eigenvalue weighted by atomic mass is 10.1. The Hall–Kier alpha value is -2.87. The third-order valence-electron chi connectivity index (χ3n) is 4.69. The van der Waals surface area contributed by atoms with Crippen LogP contribution >= 0.6 is 0 Å². The molecule has 0 spiro atoms. The van der Waals surface area contributed by atoms with E-state index in [9.17, 15) is 18.0 Å². The molecule has 162 valence electrons. The smallest absolute Gasteiger partial charge is 0.338 e. The second kappa shape index (κ2) is 9.30. The molecular weight excluding hydrogens is 404 g/mol. The summed E-state index contributed by atoms with van der Waals surface area (Å²) in [5.41, 5.74) is 3.65. The number of nitrogens with one attached hydrogen (secondary N) is 1. The quantitative estimate of drug-likeness (QED) is 0.675. The molecule has 0 heterocycles. The van der Waals surface area contributed by atoms with Gasteiger partial charge in [-0.2, -0.15) is 0 Å². The number of sulfonamides is 1. The van der Waals surface area contributed by atoms with E-state index in [2.05, 4.69) is 5.32 Å². The highest BCUT2D eigenvalue weighted by atomic mass is 32.2. The Morgan fingerprint density at radius 2 is 1.73 bits per heavy atom. The summed E-state index contributed by atoms with van der Waals surface area (Å²) >= 11 is 0. The fraction of sp³-hybridized carbons (Fsp3) is 0.364. The third kappa shape index (κ3) is 5.38. The van der Waals surface area contributed by atoms with Gasteiger partial charge in [0.2, 0.25) is 15.9 Å². The first-order chi connectivity index (χ1) is 14.0. The SMILES string of the molecule is CCOC(=O)c1ccc(NC(=O)C(C)N(c2cc(C)ccc2C)S(C)(=O)=O)c(C)c1. The van der Waals surface area contributed by atoms with Gasteiger partial charge in [-0.3, -0.25) is 9.10 Å². The van der Waals surface area contributed by atoms with E-state index in [1.807, 2.05) is 19.1 Å². The van der Waals surface area contributed by atoms with Crippen molar-refractivity contribution in [1.29, 1.82) is 0 Å². The molecule has 0 fully saturated rings. The molecule has 0 saturated carbocycles. The van der Waals surface area contributed by atoms with E-state index in [0.717, 1.165) is 21.7 Å². The lowest BCUT2D eigenvalue weighted by molar-refractivity contribution is -0.116. The Balaban J connectivity index is 2.32. The molecule has 0 radical (unpaired) electrons. The van der Waals surface area contributed by atoms with Gasteiger partial charge in [0.15, 0.2) is 0 Å². The van der Waals surface area contributed by atoms with Gasteiger partial charge in [0.05, 0.1) is 24.1 Å². The fourth-order valence-corrected chi connectivity index (χ4v) is 4.34. The molecule has 0 saturated heterocycles. The summed E-state index contributed by atoms with van der Waals surface area (Å²) in [5.74, 6) is -0.918. The molecule has 0 aliphatic rings. The van der Waals surface area contributed by atoms with Crippen LogP contribution in [0.3, 0.4) is 0 Å². The molecule has 0 aliphatic carbocycles. The standard InChI is InChI=1S/C22H28N2O5S/c1-7-29-22(26)18-10-11-19(16(4)13-18)23-21(25)17(5)24(30(6,27)28)20-12-14(2)8-9-15(20)3/h8-13,17H,7H2,1-6H3,(H,23,25). The summed E-state index contributed by atoms with van der Waals surface area (Å²) in [7, 11) is -3.72. The molecule has 2 aromatic rings. The average molecular weight is 433 g/mol. The van der Waals surface area contributed by atoms with E-state index in [-0.39, 0.29) is 6.61 Å². The van der Waals surface area contributed by atoms with E-state index in [0.29, 0.717) is 22.5 Å². The van der Waals surface area contributed by atoms with Crippen molar-refractivity contribution in [3.63, 3.8) is 0 Å². The van der Waals surface area contributed by atoms with E-state index in [4.69, 9.17) is 4.74 Å². The topological polar surface area (TPSA) is 92.8 Å². The van der Waals surface area contributed by atoms with Crippen molar-refractivity contribution >= 4 is 33.3 Å². The van der Waals surface area contributed by atoms with E-state index >= 15 is 0 Å². The number of benzene rings is 2. The maximum Gasteiger partial charge on any atom is 0.338 e. The number of rotatable bonds is 7. The van der Waals surface area contributed by atoms with Gasteiger partial charge in [-0.1, -0.05) is 12.1 Å². The second-order valence-corrected chi connectivity index (χ2v) is 9.12. The van der Waals surface area contributed by atoms with Crippen LogP contribution in [-0.4, -0.2) is 39.2 Å². The van der Waals surface area contributed by atoms with Crippen molar-refractivity contribution < 1.29 is 22.7 Å². The number of ether oxygens (including phenoxy) is 1. The highest BCUT2D eigenvalue weighted by Gasteiger charge is 2.30. The van der Waals surface area contributed by atoms with Gasteiger partial charge in [-0.25, -0.2) is 13.2 Å². The van der Waals surface area contributed by atoms with Crippen LogP contribution in [-0.2, 0) is 19.6 Å². The number of hydrogen-bond acceptors (Lipinski definition) is 5. The molecule has 0 aliphatic heterocycles. The molecule has 8 heteroatoms. The number of nitrogens with zero attached hydrogens (tertiary/aromatic N) is 1. The number of anilines is 2. The summed E-state index contributed by atoms with van der Waals surface area (Å²) in [4.78, 5) is 24.8. The van der Waals surface area contributed by atoms with Crippen molar-refractivity contribution in [2.75, 3.05) is 22.5 Å².